The van der Waals surface area contributed by atoms with Gasteiger partial charge in [0.15, 0.2) is 0 Å². The van der Waals surface area contributed by atoms with Crippen molar-refractivity contribution in [2.24, 2.45) is 0 Å². The minimum absolute atomic E-state index is 0.392. The summed E-state index contributed by atoms with van der Waals surface area (Å²) < 4.78 is 1.80. The standard InChI is InChI=1S/C11H14N4OS/c1-14(8-2-4-9(16)5-3-8)11-13-15-7-6-12-10(15)17-11/h6-8H,2-5H2,1H3. The summed E-state index contributed by atoms with van der Waals surface area (Å²) >= 11 is 1.59. The van der Waals surface area contributed by atoms with Crippen molar-refractivity contribution in [2.45, 2.75) is 31.7 Å². The zero-order valence-electron chi connectivity index (χ0n) is 9.67. The summed E-state index contributed by atoms with van der Waals surface area (Å²) in [6.07, 6.45) is 6.90. The summed E-state index contributed by atoms with van der Waals surface area (Å²) in [5.41, 5.74) is 0. The van der Waals surface area contributed by atoms with E-state index in [4.69, 9.17) is 0 Å². The number of fused-ring (bicyclic) bond motifs is 1. The van der Waals surface area contributed by atoms with Gasteiger partial charge < -0.3 is 4.90 Å². The van der Waals surface area contributed by atoms with Gasteiger partial charge in [0.25, 0.3) is 0 Å². The fraction of sp³-hybridized carbons (Fsp3) is 0.545. The van der Waals surface area contributed by atoms with E-state index in [1.165, 1.54) is 0 Å². The van der Waals surface area contributed by atoms with Crippen LogP contribution < -0.4 is 4.90 Å². The predicted molar refractivity (Wildman–Crippen MR) is 66.5 cm³/mol. The van der Waals surface area contributed by atoms with Gasteiger partial charge >= 0.3 is 0 Å². The first-order valence-electron chi connectivity index (χ1n) is 5.79. The molecule has 2 heterocycles. The Morgan fingerprint density at radius 3 is 2.94 bits per heavy atom. The van der Waals surface area contributed by atoms with Crippen LogP contribution in [0.25, 0.3) is 4.96 Å². The van der Waals surface area contributed by atoms with Crippen LogP contribution in [0.4, 0.5) is 5.13 Å². The molecular weight excluding hydrogens is 236 g/mol. The van der Waals surface area contributed by atoms with Crippen LogP contribution in [-0.4, -0.2) is 33.5 Å². The lowest BCUT2D eigenvalue weighted by atomic mass is 9.94. The lowest BCUT2D eigenvalue weighted by Crippen LogP contribution is -2.35. The molecule has 0 unspecified atom stereocenters. The van der Waals surface area contributed by atoms with E-state index in [9.17, 15) is 4.79 Å². The Labute approximate surface area is 103 Å². The van der Waals surface area contributed by atoms with E-state index in [2.05, 4.69) is 22.0 Å². The third kappa shape index (κ3) is 1.93. The highest BCUT2D eigenvalue weighted by Crippen LogP contribution is 2.27. The second-order valence-corrected chi connectivity index (χ2v) is 5.35. The first-order valence-corrected chi connectivity index (χ1v) is 6.60. The van der Waals surface area contributed by atoms with Gasteiger partial charge in [-0.25, -0.2) is 9.50 Å². The van der Waals surface area contributed by atoms with Gasteiger partial charge in [0.2, 0.25) is 10.1 Å². The van der Waals surface area contributed by atoms with Crippen LogP contribution in [0, 0.1) is 0 Å². The van der Waals surface area contributed by atoms with Gasteiger partial charge in [0, 0.05) is 32.1 Å². The van der Waals surface area contributed by atoms with E-state index in [1.807, 2.05) is 6.20 Å². The topological polar surface area (TPSA) is 50.5 Å². The molecule has 1 aliphatic carbocycles. The highest BCUT2D eigenvalue weighted by atomic mass is 32.1. The molecule has 6 heteroatoms. The van der Waals surface area contributed by atoms with E-state index in [0.717, 1.165) is 22.9 Å². The highest BCUT2D eigenvalue weighted by molar-refractivity contribution is 7.20. The fourth-order valence-electron chi connectivity index (χ4n) is 2.24. The van der Waals surface area contributed by atoms with Gasteiger partial charge in [-0.15, -0.1) is 5.10 Å². The molecule has 0 radical (unpaired) electrons. The quantitative estimate of drug-likeness (QED) is 0.814. The smallest absolute Gasteiger partial charge is 0.213 e. The average Bonchev–Trinajstić information content (AvgIpc) is 2.89. The van der Waals surface area contributed by atoms with Crippen molar-refractivity contribution in [3.63, 3.8) is 0 Å². The number of imidazole rings is 1. The van der Waals surface area contributed by atoms with Crippen LogP contribution in [0.5, 0.6) is 0 Å². The van der Waals surface area contributed by atoms with Gasteiger partial charge in [-0.05, 0) is 12.8 Å². The number of anilines is 1. The molecule has 0 saturated heterocycles. The second-order valence-electron chi connectivity index (χ2n) is 4.42. The van der Waals surface area contributed by atoms with E-state index >= 15 is 0 Å². The minimum atomic E-state index is 0.392. The normalized spacial score (nSPS) is 17.8. The Hall–Kier alpha value is -1.43. The van der Waals surface area contributed by atoms with Crippen molar-refractivity contribution in [3.05, 3.63) is 12.4 Å². The molecule has 0 N–H and O–H groups in total. The van der Waals surface area contributed by atoms with Crippen molar-refractivity contribution < 1.29 is 4.79 Å². The molecule has 0 aliphatic heterocycles. The summed E-state index contributed by atoms with van der Waals surface area (Å²) in [6.45, 7) is 0. The van der Waals surface area contributed by atoms with Gasteiger partial charge in [-0.3, -0.25) is 4.79 Å². The number of aromatic nitrogens is 3. The maximum Gasteiger partial charge on any atom is 0.213 e. The SMILES string of the molecule is CN(c1nn2ccnc2s1)C1CCC(=O)CC1. The number of rotatable bonds is 2. The number of hydrogen-bond donors (Lipinski definition) is 0. The zero-order valence-corrected chi connectivity index (χ0v) is 10.5. The Morgan fingerprint density at radius 2 is 2.24 bits per heavy atom. The molecule has 90 valence electrons. The third-order valence-corrected chi connectivity index (χ3v) is 4.35. The first kappa shape index (κ1) is 10.7. The number of Topliss-reactive ketones (excluding diaryl/α,β-unsaturated/α-hetero) is 1. The zero-order chi connectivity index (χ0) is 11.8. The molecule has 1 fully saturated rings. The van der Waals surface area contributed by atoms with Gasteiger partial charge in [-0.1, -0.05) is 11.3 Å². The van der Waals surface area contributed by atoms with Crippen LogP contribution >= 0.6 is 11.3 Å². The Kier molecular flexibility index (Phi) is 2.58. The van der Waals surface area contributed by atoms with E-state index < -0.39 is 0 Å². The number of hydrogen-bond acceptors (Lipinski definition) is 5. The molecule has 2 aromatic heterocycles. The van der Waals surface area contributed by atoms with Crippen LogP contribution in [0.2, 0.25) is 0 Å². The van der Waals surface area contributed by atoms with E-state index in [1.54, 1.807) is 22.0 Å². The van der Waals surface area contributed by atoms with Crippen LogP contribution in [0.1, 0.15) is 25.7 Å². The second kappa shape index (κ2) is 4.10. The highest BCUT2D eigenvalue weighted by Gasteiger charge is 2.24. The molecule has 1 aliphatic rings. The lowest BCUT2D eigenvalue weighted by Gasteiger charge is -2.29. The predicted octanol–water partition coefficient (Wildman–Crippen LogP) is 1.74. The number of carbonyl (C=O) groups excluding carboxylic acids is 1. The number of ketones is 1. The van der Waals surface area contributed by atoms with Crippen molar-refractivity contribution in [3.8, 4) is 0 Å². The van der Waals surface area contributed by atoms with Crippen LogP contribution in [0.3, 0.4) is 0 Å². The summed E-state index contributed by atoms with van der Waals surface area (Å²) in [7, 11) is 2.05. The lowest BCUT2D eigenvalue weighted by molar-refractivity contribution is -0.120. The molecule has 0 spiro atoms. The maximum absolute atomic E-state index is 11.2. The Balaban J connectivity index is 1.79. The van der Waals surface area contributed by atoms with Gasteiger partial charge in [-0.2, -0.15) is 0 Å². The monoisotopic (exact) mass is 250 g/mol. The number of nitrogens with zero attached hydrogens (tertiary/aromatic N) is 4. The van der Waals surface area contributed by atoms with Crippen LogP contribution in [-0.2, 0) is 4.79 Å². The van der Waals surface area contributed by atoms with Crippen molar-refractivity contribution in [2.75, 3.05) is 11.9 Å². The fourth-order valence-corrected chi connectivity index (χ4v) is 3.13. The maximum atomic E-state index is 11.2. The van der Waals surface area contributed by atoms with Gasteiger partial charge in [0.1, 0.15) is 5.78 Å². The summed E-state index contributed by atoms with van der Waals surface area (Å²) in [5.74, 6) is 0.392. The van der Waals surface area contributed by atoms with Crippen molar-refractivity contribution in [1.82, 2.24) is 14.6 Å². The molecule has 0 bridgehead atoms. The molecule has 17 heavy (non-hydrogen) atoms. The van der Waals surface area contributed by atoms with Crippen LogP contribution in [0.15, 0.2) is 12.4 Å². The summed E-state index contributed by atoms with van der Waals surface area (Å²) in [6, 6.07) is 0.434. The summed E-state index contributed by atoms with van der Waals surface area (Å²) in [5, 5.41) is 5.46. The van der Waals surface area contributed by atoms with Gasteiger partial charge in [0.05, 0.1) is 6.20 Å². The summed E-state index contributed by atoms with van der Waals surface area (Å²) in [4.78, 5) is 18.5. The average molecular weight is 250 g/mol. The Morgan fingerprint density at radius 1 is 1.47 bits per heavy atom. The molecule has 0 amide bonds. The Bertz CT molecular complexity index is 508. The third-order valence-electron chi connectivity index (χ3n) is 3.33. The van der Waals surface area contributed by atoms with E-state index in [-0.39, 0.29) is 0 Å². The van der Waals surface area contributed by atoms with E-state index in [0.29, 0.717) is 24.7 Å². The largest absolute Gasteiger partial charge is 0.347 e. The number of carbonyl (C=O) groups is 1. The van der Waals surface area contributed by atoms with Crippen molar-refractivity contribution >= 4 is 27.2 Å². The molecule has 2 aromatic rings. The minimum Gasteiger partial charge on any atom is -0.347 e. The molecule has 0 atom stereocenters. The first-order chi connectivity index (χ1) is 8.24. The molecule has 3 rings (SSSR count). The molecule has 1 saturated carbocycles. The molecule has 0 aromatic carbocycles. The molecular formula is C11H14N4OS. The van der Waals surface area contributed by atoms with Crippen molar-refractivity contribution in [1.29, 1.82) is 0 Å². The molecule has 5 nitrogen and oxygen atoms in total.